The number of hydrogen-bond donors (Lipinski definition) is 3. The highest BCUT2D eigenvalue weighted by Crippen LogP contribution is 2.44. The van der Waals surface area contributed by atoms with Gasteiger partial charge in [-0.1, -0.05) is 54.6 Å². The lowest BCUT2D eigenvalue weighted by Crippen LogP contribution is -2.59. The highest BCUT2D eigenvalue weighted by molar-refractivity contribution is 5.90. The topological polar surface area (TPSA) is 114 Å². The van der Waals surface area contributed by atoms with E-state index < -0.39 is 23.5 Å². The van der Waals surface area contributed by atoms with Crippen molar-refractivity contribution in [3.8, 4) is 11.1 Å². The molecule has 0 bridgehead atoms. The number of nitrogens with one attached hydrogen (secondary N) is 2. The van der Waals surface area contributed by atoms with Crippen molar-refractivity contribution in [3.63, 3.8) is 0 Å². The van der Waals surface area contributed by atoms with Gasteiger partial charge in [0, 0.05) is 25.6 Å². The van der Waals surface area contributed by atoms with Gasteiger partial charge in [-0.2, -0.15) is 0 Å². The molecule has 0 heterocycles. The van der Waals surface area contributed by atoms with E-state index in [0.717, 1.165) is 28.3 Å². The van der Waals surface area contributed by atoms with Crippen LogP contribution in [0.5, 0.6) is 0 Å². The SMILES string of the molecule is COCC(C)(NC(=O)OCC1c2ccccc2-c2ccccc21)C(=O)NC/C=C/C(=O)O. The van der Waals surface area contributed by atoms with Crippen molar-refractivity contribution in [2.75, 3.05) is 26.9 Å². The second-order valence-corrected chi connectivity index (χ2v) is 7.67. The Bertz CT molecular complexity index is 989. The molecule has 1 unspecified atom stereocenters. The molecule has 2 aromatic carbocycles. The van der Waals surface area contributed by atoms with Crippen molar-refractivity contribution in [2.24, 2.45) is 0 Å². The lowest BCUT2D eigenvalue weighted by molar-refractivity contribution is -0.131. The molecule has 3 N–H and O–H groups in total. The number of carboxylic acid groups (broad SMARTS) is 1. The number of methoxy groups -OCH3 is 1. The van der Waals surface area contributed by atoms with Crippen LogP contribution in [0, 0.1) is 0 Å². The fourth-order valence-corrected chi connectivity index (χ4v) is 3.81. The highest BCUT2D eigenvalue weighted by Gasteiger charge is 2.36. The first-order valence-electron chi connectivity index (χ1n) is 10.2. The first-order valence-corrected chi connectivity index (χ1v) is 10.2. The number of carbonyl (C=O) groups excluding carboxylic acids is 2. The number of carboxylic acids is 1. The maximum atomic E-state index is 12.6. The van der Waals surface area contributed by atoms with E-state index in [1.165, 1.54) is 20.1 Å². The van der Waals surface area contributed by atoms with Gasteiger partial charge >= 0.3 is 12.1 Å². The number of alkyl carbamates (subject to hydrolysis) is 1. The van der Waals surface area contributed by atoms with Crippen LogP contribution in [0.4, 0.5) is 4.79 Å². The summed E-state index contributed by atoms with van der Waals surface area (Å²) >= 11 is 0. The minimum absolute atomic E-state index is 0.00317. The van der Waals surface area contributed by atoms with Crippen LogP contribution in [0.3, 0.4) is 0 Å². The molecule has 0 aliphatic heterocycles. The monoisotopic (exact) mass is 438 g/mol. The van der Waals surface area contributed by atoms with Gasteiger partial charge in [-0.05, 0) is 29.2 Å². The summed E-state index contributed by atoms with van der Waals surface area (Å²) in [5, 5.41) is 13.7. The molecule has 1 atom stereocenters. The summed E-state index contributed by atoms with van der Waals surface area (Å²) < 4.78 is 10.6. The van der Waals surface area contributed by atoms with E-state index in [2.05, 4.69) is 10.6 Å². The summed E-state index contributed by atoms with van der Waals surface area (Å²) in [7, 11) is 1.41. The predicted octanol–water partition coefficient (Wildman–Crippen LogP) is 2.69. The lowest BCUT2D eigenvalue weighted by Gasteiger charge is -2.28. The summed E-state index contributed by atoms with van der Waals surface area (Å²) in [4.78, 5) is 35.7. The fourth-order valence-electron chi connectivity index (χ4n) is 3.81. The summed E-state index contributed by atoms with van der Waals surface area (Å²) in [5.74, 6) is -1.74. The van der Waals surface area contributed by atoms with Gasteiger partial charge in [0.25, 0.3) is 0 Å². The molecule has 1 aliphatic carbocycles. The zero-order chi connectivity index (χ0) is 23.1. The molecule has 0 fully saturated rings. The van der Waals surface area contributed by atoms with Crippen LogP contribution in [-0.2, 0) is 19.1 Å². The summed E-state index contributed by atoms with van der Waals surface area (Å²) in [6, 6.07) is 16.0. The van der Waals surface area contributed by atoms with Gasteiger partial charge in [0.2, 0.25) is 5.91 Å². The number of hydrogen-bond acceptors (Lipinski definition) is 5. The summed E-state index contributed by atoms with van der Waals surface area (Å²) in [5.41, 5.74) is 3.02. The van der Waals surface area contributed by atoms with E-state index in [4.69, 9.17) is 14.6 Å². The van der Waals surface area contributed by atoms with Crippen LogP contribution in [0.2, 0.25) is 0 Å². The standard InChI is InChI=1S/C24H26N2O6/c1-24(15-31-2,22(29)25-13-7-12-21(27)28)26-23(30)32-14-20-18-10-5-3-8-16(18)17-9-4-6-11-19(17)20/h3-12,20H,13-15H2,1-2H3,(H,25,29)(H,26,30)(H,27,28)/b12-7+. The maximum absolute atomic E-state index is 12.6. The third-order valence-electron chi connectivity index (χ3n) is 5.30. The average Bonchev–Trinajstić information content (AvgIpc) is 3.09. The van der Waals surface area contributed by atoms with E-state index in [1.54, 1.807) is 0 Å². The van der Waals surface area contributed by atoms with Gasteiger partial charge in [-0.25, -0.2) is 9.59 Å². The third-order valence-corrected chi connectivity index (χ3v) is 5.30. The molecule has 8 heteroatoms. The molecular formula is C24H26N2O6. The molecule has 168 valence electrons. The molecule has 2 amide bonds. The number of ether oxygens (including phenoxy) is 2. The van der Waals surface area contributed by atoms with Gasteiger partial charge in [0.1, 0.15) is 12.1 Å². The van der Waals surface area contributed by atoms with E-state index >= 15 is 0 Å². The van der Waals surface area contributed by atoms with E-state index in [1.807, 2.05) is 48.5 Å². The Kier molecular flexibility index (Phi) is 7.27. The summed E-state index contributed by atoms with van der Waals surface area (Å²) in [6.07, 6.45) is 1.47. The lowest BCUT2D eigenvalue weighted by atomic mass is 9.98. The molecular weight excluding hydrogens is 412 g/mol. The third kappa shape index (κ3) is 5.15. The van der Waals surface area contributed by atoms with Crippen molar-refractivity contribution in [2.45, 2.75) is 18.4 Å². The number of aliphatic carboxylic acids is 1. The molecule has 0 aromatic heterocycles. The Morgan fingerprint density at radius 2 is 1.66 bits per heavy atom. The molecule has 8 nitrogen and oxygen atoms in total. The number of carbonyl (C=O) groups is 3. The van der Waals surface area contributed by atoms with Crippen molar-refractivity contribution in [3.05, 3.63) is 71.8 Å². The van der Waals surface area contributed by atoms with Crippen molar-refractivity contribution in [1.29, 1.82) is 0 Å². The van der Waals surface area contributed by atoms with Crippen LogP contribution in [0.1, 0.15) is 24.0 Å². The van der Waals surface area contributed by atoms with Crippen LogP contribution in [-0.4, -0.2) is 55.5 Å². The quantitative estimate of drug-likeness (QED) is 0.519. The normalized spacial score (nSPS) is 14.3. The predicted molar refractivity (Wildman–Crippen MR) is 118 cm³/mol. The van der Waals surface area contributed by atoms with Crippen molar-refractivity contribution in [1.82, 2.24) is 10.6 Å². The number of fused-ring (bicyclic) bond motifs is 3. The molecule has 2 aromatic rings. The van der Waals surface area contributed by atoms with Gasteiger partial charge < -0.3 is 25.2 Å². The van der Waals surface area contributed by atoms with E-state index in [9.17, 15) is 14.4 Å². The Labute approximate surface area is 186 Å². The van der Waals surface area contributed by atoms with E-state index in [0.29, 0.717) is 0 Å². The minimum Gasteiger partial charge on any atom is -0.478 e. The van der Waals surface area contributed by atoms with Crippen molar-refractivity contribution >= 4 is 18.0 Å². The maximum Gasteiger partial charge on any atom is 0.408 e. The van der Waals surface area contributed by atoms with Crippen LogP contribution in [0.15, 0.2) is 60.7 Å². The minimum atomic E-state index is -1.39. The zero-order valence-electron chi connectivity index (χ0n) is 18.0. The molecule has 0 saturated carbocycles. The van der Waals surface area contributed by atoms with Gasteiger partial charge in [0.15, 0.2) is 0 Å². The Morgan fingerprint density at radius 1 is 1.06 bits per heavy atom. The molecule has 0 saturated heterocycles. The molecule has 0 radical (unpaired) electrons. The van der Waals surface area contributed by atoms with Crippen LogP contribution < -0.4 is 10.6 Å². The van der Waals surface area contributed by atoms with Gasteiger partial charge in [-0.3, -0.25) is 4.79 Å². The van der Waals surface area contributed by atoms with E-state index in [-0.39, 0.29) is 25.7 Å². The molecule has 32 heavy (non-hydrogen) atoms. The van der Waals surface area contributed by atoms with Crippen LogP contribution in [0.25, 0.3) is 11.1 Å². The number of rotatable bonds is 9. The second-order valence-electron chi connectivity index (χ2n) is 7.67. The number of benzene rings is 2. The number of amides is 2. The summed E-state index contributed by atoms with van der Waals surface area (Å²) in [6.45, 7) is 1.53. The molecule has 1 aliphatic rings. The van der Waals surface area contributed by atoms with Gasteiger partial charge in [0.05, 0.1) is 6.61 Å². The van der Waals surface area contributed by atoms with Crippen LogP contribution >= 0.6 is 0 Å². The first-order chi connectivity index (χ1) is 15.4. The Morgan fingerprint density at radius 3 is 2.22 bits per heavy atom. The first kappa shape index (κ1) is 23.0. The highest BCUT2D eigenvalue weighted by atomic mass is 16.5. The Balaban J connectivity index is 1.65. The molecule has 3 rings (SSSR count). The largest absolute Gasteiger partial charge is 0.478 e. The van der Waals surface area contributed by atoms with Crippen molar-refractivity contribution < 1.29 is 29.0 Å². The van der Waals surface area contributed by atoms with Gasteiger partial charge in [-0.15, -0.1) is 0 Å². The fraction of sp³-hybridized carbons (Fsp3) is 0.292. The Hall–Kier alpha value is -3.65. The zero-order valence-corrected chi connectivity index (χ0v) is 18.0. The molecule has 0 spiro atoms. The smallest absolute Gasteiger partial charge is 0.408 e. The average molecular weight is 438 g/mol. The second kappa shape index (κ2) is 10.1.